The van der Waals surface area contributed by atoms with Gasteiger partial charge in [-0.2, -0.15) is 0 Å². The summed E-state index contributed by atoms with van der Waals surface area (Å²) >= 11 is 1.61. The highest BCUT2D eigenvalue weighted by Crippen LogP contribution is 2.15. The van der Waals surface area contributed by atoms with Gasteiger partial charge in [-0.15, -0.1) is 11.3 Å². The molecule has 0 aromatic carbocycles. The Balaban J connectivity index is 2.54. The fraction of sp³-hybridized carbons (Fsp3) is 0.667. The largest absolute Gasteiger partial charge is 0.342 e. The van der Waals surface area contributed by atoms with Gasteiger partial charge in [0.05, 0.1) is 12.1 Å². The van der Waals surface area contributed by atoms with Crippen LogP contribution in [0, 0.1) is 0 Å². The topological polar surface area (TPSA) is 45.2 Å². The van der Waals surface area contributed by atoms with Crippen LogP contribution in [0.5, 0.6) is 0 Å². The maximum absolute atomic E-state index is 12.1. The first kappa shape index (κ1) is 14.1. The Kier molecular flexibility index (Phi) is 5.58. The Morgan fingerprint density at radius 1 is 1.47 bits per heavy atom. The van der Waals surface area contributed by atoms with Crippen LogP contribution >= 0.6 is 11.3 Å². The second-order valence-electron chi connectivity index (χ2n) is 3.99. The molecule has 96 valence electrons. The van der Waals surface area contributed by atoms with Crippen molar-refractivity contribution < 1.29 is 4.79 Å². The number of thiazole rings is 1. The van der Waals surface area contributed by atoms with E-state index >= 15 is 0 Å². The normalized spacial score (nSPS) is 14.4. The second kappa shape index (κ2) is 6.71. The smallest absolute Gasteiger partial charge is 0.239 e. The van der Waals surface area contributed by atoms with Gasteiger partial charge >= 0.3 is 0 Å². The summed E-state index contributed by atoms with van der Waals surface area (Å²) in [5, 5.41) is 6.25. The molecule has 0 saturated heterocycles. The molecule has 2 unspecified atom stereocenters. The highest BCUT2D eigenvalue weighted by Gasteiger charge is 2.20. The van der Waals surface area contributed by atoms with E-state index in [4.69, 9.17) is 0 Å². The van der Waals surface area contributed by atoms with Gasteiger partial charge in [0.15, 0.2) is 0 Å². The molecule has 1 aromatic rings. The maximum Gasteiger partial charge on any atom is 0.239 e. The van der Waals surface area contributed by atoms with Gasteiger partial charge in [0, 0.05) is 24.7 Å². The third kappa shape index (κ3) is 3.78. The standard InChI is InChI=1S/C12H21N3OS/c1-5-15(6-2)12(16)10(4)14-9(3)11-13-7-8-17-11/h7-10,14H,5-6H2,1-4H3. The lowest BCUT2D eigenvalue weighted by Gasteiger charge is -2.25. The molecule has 0 aliphatic heterocycles. The van der Waals surface area contributed by atoms with Crippen molar-refractivity contribution in [2.75, 3.05) is 13.1 Å². The summed E-state index contributed by atoms with van der Waals surface area (Å²) in [5.74, 6) is 0.151. The number of likely N-dealkylation sites (N-methyl/N-ethyl adjacent to an activating group) is 1. The number of nitrogens with zero attached hydrogens (tertiary/aromatic N) is 2. The van der Waals surface area contributed by atoms with Gasteiger partial charge in [-0.25, -0.2) is 4.98 Å². The van der Waals surface area contributed by atoms with E-state index in [1.807, 2.05) is 38.0 Å². The molecule has 0 aliphatic carbocycles. The summed E-state index contributed by atoms with van der Waals surface area (Å²) in [5.41, 5.74) is 0. The Morgan fingerprint density at radius 2 is 2.12 bits per heavy atom. The Labute approximate surface area is 107 Å². The predicted molar refractivity (Wildman–Crippen MR) is 71.1 cm³/mol. The number of amides is 1. The molecule has 2 atom stereocenters. The molecule has 1 amide bonds. The van der Waals surface area contributed by atoms with E-state index in [2.05, 4.69) is 10.3 Å². The molecule has 1 rings (SSSR count). The molecule has 5 heteroatoms. The van der Waals surface area contributed by atoms with E-state index in [1.54, 1.807) is 17.5 Å². The van der Waals surface area contributed by atoms with Gasteiger partial charge in [-0.3, -0.25) is 10.1 Å². The summed E-state index contributed by atoms with van der Waals surface area (Å²) in [6.45, 7) is 9.45. The number of nitrogens with one attached hydrogen (secondary N) is 1. The van der Waals surface area contributed by atoms with Crippen molar-refractivity contribution in [1.82, 2.24) is 15.2 Å². The lowest BCUT2D eigenvalue weighted by atomic mass is 10.2. The molecule has 17 heavy (non-hydrogen) atoms. The van der Waals surface area contributed by atoms with Crippen molar-refractivity contribution in [3.05, 3.63) is 16.6 Å². The van der Waals surface area contributed by atoms with Crippen LogP contribution in [0.15, 0.2) is 11.6 Å². The molecule has 0 radical (unpaired) electrons. The molecule has 0 spiro atoms. The van der Waals surface area contributed by atoms with E-state index in [9.17, 15) is 4.79 Å². The molecular weight excluding hydrogens is 234 g/mol. The fourth-order valence-electron chi connectivity index (χ4n) is 1.78. The van der Waals surface area contributed by atoms with Crippen LogP contribution in [0.3, 0.4) is 0 Å². The number of carbonyl (C=O) groups excluding carboxylic acids is 1. The summed E-state index contributed by atoms with van der Waals surface area (Å²) in [7, 11) is 0. The van der Waals surface area contributed by atoms with Crippen molar-refractivity contribution in [2.24, 2.45) is 0 Å². The summed E-state index contributed by atoms with van der Waals surface area (Å²) < 4.78 is 0. The zero-order valence-electron chi connectivity index (χ0n) is 10.9. The lowest BCUT2D eigenvalue weighted by Crippen LogP contribution is -2.45. The SMILES string of the molecule is CCN(CC)C(=O)C(C)NC(C)c1nccs1. The number of carbonyl (C=O) groups is 1. The van der Waals surface area contributed by atoms with Gasteiger partial charge in [0.1, 0.15) is 5.01 Å². The minimum absolute atomic E-state index is 0.115. The van der Waals surface area contributed by atoms with E-state index in [-0.39, 0.29) is 18.0 Å². The van der Waals surface area contributed by atoms with Crippen molar-refractivity contribution in [2.45, 2.75) is 39.8 Å². The van der Waals surface area contributed by atoms with Gasteiger partial charge in [0.2, 0.25) is 5.91 Å². The molecule has 0 aliphatic rings. The van der Waals surface area contributed by atoms with Gasteiger partial charge in [0.25, 0.3) is 0 Å². The van der Waals surface area contributed by atoms with Crippen LogP contribution in [0.4, 0.5) is 0 Å². The van der Waals surface area contributed by atoms with E-state index in [0.717, 1.165) is 18.1 Å². The van der Waals surface area contributed by atoms with E-state index < -0.39 is 0 Å². The van der Waals surface area contributed by atoms with Gasteiger partial charge in [-0.05, 0) is 27.7 Å². The van der Waals surface area contributed by atoms with Gasteiger partial charge in [-0.1, -0.05) is 0 Å². The van der Waals surface area contributed by atoms with Crippen LogP contribution in [0.1, 0.15) is 38.7 Å². The number of aromatic nitrogens is 1. The predicted octanol–water partition coefficient (Wildman–Crippen LogP) is 2.05. The first-order chi connectivity index (χ1) is 8.10. The Morgan fingerprint density at radius 3 is 2.59 bits per heavy atom. The van der Waals surface area contributed by atoms with Crippen molar-refractivity contribution in [3.63, 3.8) is 0 Å². The van der Waals surface area contributed by atoms with Crippen LogP contribution in [0.25, 0.3) is 0 Å². The summed E-state index contributed by atoms with van der Waals surface area (Å²) in [6, 6.07) is -0.0571. The van der Waals surface area contributed by atoms with Crippen molar-refractivity contribution >= 4 is 17.2 Å². The highest BCUT2D eigenvalue weighted by molar-refractivity contribution is 7.09. The van der Waals surface area contributed by atoms with Crippen LogP contribution in [0.2, 0.25) is 0 Å². The van der Waals surface area contributed by atoms with E-state index in [0.29, 0.717) is 0 Å². The first-order valence-electron chi connectivity index (χ1n) is 6.04. The van der Waals surface area contributed by atoms with Crippen LogP contribution in [-0.4, -0.2) is 34.9 Å². The zero-order chi connectivity index (χ0) is 12.8. The molecular formula is C12H21N3OS. The molecule has 0 fully saturated rings. The average molecular weight is 255 g/mol. The van der Waals surface area contributed by atoms with Crippen LogP contribution in [-0.2, 0) is 4.79 Å². The van der Waals surface area contributed by atoms with Crippen molar-refractivity contribution in [3.8, 4) is 0 Å². The molecule has 0 saturated carbocycles. The van der Waals surface area contributed by atoms with E-state index in [1.165, 1.54) is 0 Å². The number of hydrogen-bond acceptors (Lipinski definition) is 4. The van der Waals surface area contributed by atoms with Crippen molar-refractivity contribution in [1.29, 1.82) is 0 Å². The molecule has 4 nitrogen and oxygen atoms in total. The second-order valence-corrected chi connectivity index (χ2v) is 4.92. The first-order valence-corrected chi connectivity index (χ1v) is 6.92. The number of rotatable bonds is 6. The monoisotopic (exact) mass is 255 g/mol. The molecule has 1 aromatic heterocycles. The number of hydrogen-bond donors (Lipinski definition) is 1. The third-order valence-corrected chi connectivity index (χ3v) is 3.73. The highest BCUT2D eigenvalue weighted by atomic mass is 32.1. The zero-order valence-corrected chi connectivity index (χ0v) is 11.8. The quantitative estimate of drug-likeness (QED) is 0.846. The third-order valence-electron chi connectivity index (χ3n) is 2.77. The van der Waals surface area contributed by atoms with Gasteiger partial charge < -0.3 is 4.90 Å². The summed E-state index contributed by atoms with van der Waals surface area (Å²) in [6.07, 6.45) is 1.79. The fourth-order valence-corrected chi connectivity index (χ4v) is 2.43. The molecule has 0 bridgehead atoms. The Bertz CT molecular complexity index is 336. The Hall–Kier alpha value is -0.940. The molecule has 1 N–H and O–H groups in total. The minimum Gasteiger partial charge on any atom is -0.342 e. The summed E-state index contributed by atoms with van der Waals surface area (Å²) in [4.78, 5) is 18.1. The molecule has 1 heterocycles. The van der Waals surface area contributed by atoms with Crippen LogP contribution < -0.4 is 5.32 Å². The minimum atomic E-state index is -0.172. The maximum atomic E-state index is 12.1. The lowest BCUT2D eigenvalue weighted by molar-refractivity contribution is -0.132. The average Bonchev–Trinajstić information content (AvgIpc) is 2.83.